The first-order valence-corrected chi connectivity index (χ1v) is 5.42. The SMILES string of the molecule is N[C@H]1C(=O)N(C2CC2)[C@@H]1c1ccccc1. The van der Waals surface area contributed by atoms with E-state index in [1.54, 1.807) is 0 Å². The van der Waals surface area contributed by atoms with Crippen LogP contribution < -0.4 is 5.73 Å². The zero-order valence-electron chi connectivity index (χ0n) is 8.47. The van der Waals surface area contributed by atoms with Gasteiger partial charge in [0, 0.05) is 6.04 Å². The minimum atomic E-state index is -0.326. The van der Waals surface area contributed by atoms with Crippen LogP contribution in [0.25, 0.3) is 0 Å². The van der Waals surface area contributed by atoms with Gasteiger partial charge in [-0.2, -0.15) is 0 Å². The Morgan fingerprint density at radius 2 is 1.87 bits per heavy atom. The molecule has 3 rings (SSSR count). The van der Waals surface area contributed by atoms with Gasteiger partial charge in [-0.15, -0.1) is 0 Å². The van der Waals surface area contributed by atoms with E-state index in [-0.39, 0.29) is 18.0 Å². The van der Waals surface area contributed by atoms with Crippen molar-refractivity contribution in [3.63, 3.8) is 0 Å². The monoisotopic (exact) mass is 202 g/mol. The van der Waals surface area contributed by atoms with E-state index in [0.29, 0.717) is 6.04 Å². The summed E-state index contributed by atoms with van der Waals surface area (Å²) in [6.45, 7) is 0. The smallest absolute Gasteiger partial charge is 0.242 e. The first-order chi connectivity index (χ1) is 7.29. The van der Waals surface area contributed by atoms with Crippen molar-refractivity contribution in [2.75, 3.05) is 0 Å². The van der Waals surface area contributed by atoms with E-state index in [4.69, 9.17) is 5.73 Å². The first-order valence-electron chi connectivity index (χ1n) is 5.42. The lowest BCUT2D eigenvalue weighted by Gasteiger charge is -2.46. The zero-order chi connectivity index (χ0) is 10.4. The van der Waals surface area contributed by atoms with Crippen LogP contribution in [0.2, 0.25) is 0 Å². The predicted octanol–water partition coefficient (Wildman–Crippen LogP) is 1.06. The number of carbonyl (C=O) groups excluding carboxylic acids is 1. The summed E-state index contributed by atoms with van der Waals surface area (Å²) >= 11 is 0. The van der Waals surface area contributed by atoms with E-state index in [9.17, 15) is 4.79 Å². The maximum absolute atomic E-state index is 11.6. The molecule has 1 saturated heterocycles. The van der Waals surface area contributed by atoms with Gasteiger partial charge < -0.3 is 10.6 Å². The predicted molar refractivity (Wildman–Crippen MR) is 57.0 cm³/mol. The molecule has 1 aromatic carbocycles. The molecule has 1 aliphatic heterocycles. The molecule has 1 heterocycles. The number of likely N-dealkylation sites (tertiary alicyclic amines) is 1. The van der Waals surface area contributed by atoms with Crippen LogP contribution in [0.15, 0.2) is 30.3 Å². The van der Waals surface area contributed by atoms with Crippen LogP contribution in [0, 0.1) is 0 Å². The fraction of sp³-hybridized carbons (Fsp3) is 0.417. The molecule has 0 aromatic heterocycles. The van der Waals surface area contributed by atoms with Gasteiger partial charge in [-0.25, -0.2) is 0 Å². The van der Waals surface area contributed by atoms with E-state index >= 15 is 0 Å². The van der Waals surface area contributed by atoms with Crippen molar-refractivity contribution in [1.29, 1.82) is 0 Å². The molecule has 1 aromatic rings. The molecule has 1 aliphatic carbocycles. The second-order valence-electron chi connectivity index (χ2n) is 4.36. The van der Waals surface area contributed by atoms with Gasteiger partial charge in [0.1, 0.15) is 6.04 Å². The van der Waals surface area contributed by atoms with Crippen molar-refractivity contribution >= 4 is 5.91 Å². The first kappa shape index (κ1) is 8.92. The summed E-state index contributed by atoms with van der Waals surface area (Å²) in [5.41, 5.74) is 7.03. The molecule has 2 N–H and O–H groups in total. The molecular weight excluding hydrogens is 188 g/mol. The van der Waals surface area contributed by atoms with Crippen LogP contribution in [0.1, 0.15) is 24.4 Å². The Morgan fingerprint density at radius 3 is 2.47 bits per heavy atom. The molecule has 3 heteroatoms. The highest BCUT2D eigenvalue weighted by Gasteiger charge is 2.51. The molecule has 15 heavy (non-hydrogen) atoms. The molecular formula is C12H14N2O. The van der Waals surface area contributed by atoms with Gasteiger partial charge in [0.25, 0.3) is 0 Å². The van der Waals surface area contributed by atoms with Crippen LogP contribution in [0.4, 0.5) is 0 Å². The average Bonchev–Trinajstić information content (AvgIpc) is 3.09. The molecule has 1 amide bonds. The van der Waals surface area contributed by atoms with Crippen LogP contribution in [0.5, 0.6) is 0 Å². The lowest BCUT2D eigenvalue weighted by Crippen LogP contribution is -2.63. The number of amides is 1. The van der Waals surface area contributed by atoms with Crippen LogP contribution >= 0.6 is 0 Å². The molecule has 2 fully saturated rings. The molecule has 1 saturated carbocycles. The third-order valence-corrected chi connectivity index (χ3v) is 3.26. The second-order valence-corrected chi connectivity index (χ2v) is 4.36. The van der Waals surface area contributed by atoms with Crippen molar-refractivity contribution in [2.45, 2.75) is 31.0 Å². The topological polar surface area (TPSA) is 46.3 Å². The highest BCUT2D eigenvalue weighted by atomic mass is 16.2. The van der Waals surface area contributed by atoms with Crippen LogP contribution in [-0.4, -0.2) is 22.9 Å². The van der Waals surface area contributed by atoms with Crippen molar-refractivity contribution < 1.29 is 4.79 Å². The van der Waals surface area contributed by atoms with E-state index < -0.39 is 0 Å². The quantitative estimate of drug-likeness (QED) is 0.729. The summed E-state index contributed by atoms with van der Waals surface area (Å²) in [4.78, 5) is 13.6. The molecule has 2 aliphatic rings. The summed E-state index contributed by atoms with van der Waals surface area (Å²) < 4.78 is 0. The van der Waals surface area contributed by atoms with E-state index in [1.807, 2.05) is 35.2 Å². The summed E-state index contributed by atoms with van der Waals surface area (Å²) in [7, 11) is 0. The maximum Gasteiger partial charge on any atom is 0.242 e. The van der Waals surface area contributed by atoms with Crippen molar-refractivity contribution in [1.82, 2.24) is 4.90 Å². The summed E-state index contributed by atoms with van der Waals surface area (Å²) in [6.07, 6.45) is 2.28. The van der Waals surface area contributed by atoms with Gasteiger partial charge >= 0.3 is 0 Å². The Balaban J connectivity index is 1.88. The Hall–Kier alpha value is -1.35. The lowest BCUT2D eigenvalue weighted by molar-refractivity contribution is -0.150. The number of nitrogens with two attached hydrogens (primary N) is 1. The van der Waals surface area contributed by atoms with Gasteiger partial charge in [0.2, 0.25) is 5.91 Å². The van der Waals surface area contributed by atoms with Crippen LogP contribution in [0.3, 0.4) is 0 Å². The van der Waals surface area contributed by atoms with Crippen molar-refractivity contribution in [3.8, 4) is 0 Å². The number of β-lactam (4-membered cyclic amide) rings is 1. The number of hydrogen-bond donors (Lipinski definition) is 1. The van der Waals surface area contributed by atoms with Gasteiger partial charge in [-0.3, -0.25) is 4.79 Å². The Labute approximate surface area is 88.9 Å². The molecule has 0 radical (unpaired) electrons. The number of rotatable bonds is 2. The third-order valence-electron chi connectivity index (χ3n) is 3.26. The van der Waals surface area contributed by atoms with E-state index in [0.717, 1.165) is 18.4 Å². The number of benzene rings is 1. The van der Waals surface area contributed by atoms with E-state index in [1.165, 1.54) is 0 Å². The maximum atomic E-state index is 11.6. The van der Waals surface area contributed by atoms with Crippen LogP contribution in [-0.2, 0) is 4.79 Å². The Morgan fingerprint density at radius 1 is 1.20 bits per heavy atom. The van der Waals surface area contributed by atoms with Gasteiger partial charge in [-0.1, -0.05) is 30.3 Å². The Kier molecular flexibility index (Phi) is 1.83. The lowest BCUT2D eigenvalue weighted by atomic mass is 9.89. The standard InChI is InChI=1S/C12H14N2O/c13-10-11(8-4-2-1-3-5-8)14(12(10)15)9-6-7-9/h1-5,9-11H,6-7,13H2/t10-,11-/m1/s1. The highest BCUT2D eigenvalue weighted by molar-refractivity contribution is 5.90. The summed E-state index contributed by atoms with van der Waals surface area (Å²) in [5.74, 6) is 0.117. The molecule has 0 spiro atoms. The normalized spacial score (nSPS) is 30.2. The second kappa shape index (κ2) is 3.07. The summed E-state index contributed by atoms with van der Waals surface area (Å²) in [5, 5.41) is 0. The zero-order valence-corrected chi connectivity index (χ0v) is 8.47. The van der Waals surface area contributed by atoms with Gasteiger partial charge in [0.05, 0.1) is 6.04 Å². The molecule has 0 unspecified atom stereocenters. The fourth-order valence-corrected chi connectivity index (χ4v) is 2.31. The number of nitrogens with zero attached hydrogens (tertiary/aromatic N) is 1. The average molecular weight is 202 g/mol. The fourth-order valence-electron chi connectivity index (χ4n) is 2.31. The minimum absolute atomic E-state index is 0.117. The van der Waals surface area contributed by atoms with Crippen molar-refractivity contribution in [2.24, 2.45) is 5.73 Å². The Bertz CT molecular complexity index is 386. The molecule has 0 bridgehead atoms. The van der Waals surface area contributed by atoms with Gasteiger partial charge in [-0.05, 0) is 18.4 Å². The molecule has 3 nitrogen and oxygen atoms in total. The summed E-state index contributed by atoms with van der Waals surface area (Å²) in [6, 6.07) is 10.3. The van der Waals surface area contributed by atoms with Crippen molar-refractivity contribution in [3.05, 3.63) is 35.9 Å². The minimum Gasteiger partial charge on any atom is -0.329 e. The third kappa shape index (κ3) is 1.27. The largest absolute Gasteiger partial charge is 0.329 e. The highest BCUT2D eigenvalue weighted by Crippen LogP contribution is 2.42. The number of carbonyl (C=O) groups is 1. The van der Waals surface area contributed by atoms with Gasteiger partial charge in [0.15, 0.2) is 0 Å². The van der Waals surface area contributed by atoms with E-state index in [2.05, 4.69) is 0 Å². The molecule has 2 atom stereocenters. The molecule has 78 valence electrons. The number of hydrogen-bond acceptors (Lipinski definition) is 2.